The van der Waals surface area contributed by atoms with Gasteiger partial charge >= 0.3 is 0 Å². The normalized spacial score (nSPS) is 14.8. The molecule has 0 aliphatic rings. The molecular weight excluding hydrogens is 209 g/mol. The van der Waals surface area contributed by atoms with Crippen molar-refractivity contribution in [3.8, 4) is 0 Å². The van der Waals surface area contributed by atoms with Gasteiger partial charge in [0.15, 0.2) is 0 Å². The van der Waals surface area contributed by atoms with Crippen LogP contribution in [-0.4, -0.2) is 29.9 Å². The molecular formula is C12H18FNO2. The van der Waals surface area contributed by atoms with Crippen molar-refractivity contribution in [1.29, 1.82) is 0 Å². The summed E-state index contributed by atoms with van der Waals surface area (Å²) < 4.78 is 13.0. The molecule has 0 spiro atoms. The molecule has 0 saturated heterocycles. The summed E-state index contributed by atoms with van der Waals surface area (Å²) in [5, 5.41) is 22.5. The smallest absolute Gasteiger partial charge is 0.123 e. The Bertz CT molecular complexity index is 344. The minimum absolute atomic E-state index is 0.402. The molecule has 1 aromatic rings. The average molecular weight is 227 g/mol. The van der Waals surface area contributed by atoms with Crippen molar-refractivity contribution in [3.05, 3.63) is 35.1 Å². The van der Waals surface area contributed by atoms with Crippen LogP contribution in [0.5, 0.6) is 0 Å². The standard InChI is InChI=1S/C12H18FNO2/c1-8-3-4-9(13)7-10(8)12(16)11(15)5-6-14-2/h3-4,7,11-12,14-16H,5-6H2,1-2H3. The highest BCUT2D eigenvalue weighted by molar-refractivity contribution is 5.29. The molecule has 0 aliphatic carbocycles. The third-order valence-corrected chi connectivity index (χ3v) is 2.61. The van der Waals surface area contributed by atoms with Crippen LogP contribution in [0.3, 0.4) is 0 Å². The Morgan fingerprint density at radius 3 is 2.69 bits per heavy atom. The monoisotopic (exact) mass is 227 g/mol. The maximum absolute atomic E-state index is 13.0. The van der Waals surface area contributed by atoms with E-state index in [1.165, 1.54) is 12.1 Å². The summed E-state index contributed by atoms with van der Waals surface area (Å²) in [6, 6.07) is 4.20. The molecule has 0 bridgehead atoms. The first kappa shape index (κ1) is 13.1. The van der Waals surface area contributed by atoms with Gasteiger partial charge in [-0.1, -0.05) is 6.07 Å². The third kappa shape index (κ3) is 3.27. The van der Waals surface area contributed by atoms with Crippen LogP contribution in [0.4, 0.5) is 4.39 Å². The molecule has 4 heteroatoms. The fourth-order valence-corrected chi connectivity index (χ4v) is 1.59. The third-order valence-electron chi connectivity index (χ3n) is 2.61. The van der Waals surface area contributed by atoms with E-state index < -0.39 is 18.0 Å². The Morgan fingerprint density at radius 2 is 2.06 bits per heavy atom. The highest BCUT2D eigenvalue weighted by atomic mass is 19.1. The number of benzene rings is 1. The highest BCUT2D eigenvalue weighted by Gasteiger charge is 2.19. The van der Waals surface area contributed by atoms with Crippen LogP contribution in [0.1, 0.15) is 23.7 Å². The molecule has 0 fully saturated rings. The van der Waals surface area contributed by atoms with Crippen molar-refractivity contribution in [3.63, 3.8) is 0 Å². The highest BCUT2D eigenvalue weighted by Crippen LogP contribution is 2.23. The Morgan fingerprint density at radius 1 is 1.38 bits per heavy atom. The van der Waals surface area contributed by atoms with Gasteiger partial charge in [0.1, 0.15) is 11.9 Å². The van der Waals surface area contributed by atoms with Gasteiger partial charge in [-0.05, 0) is 50.2 Å². The van der Waals surface area contributed by atoms with Crippen molar-refractivity contribution >= 4 is 0 Å². The topological polar surface area (TPSA) is 52.5 Å². The van der Waals surface area contributed by atoms with Crippen molar-refractivity contribution in [1.82, 2.24) is 5.32 Å². The number of nitrogens with one attached hydrogen (secondary N) is 1. The molecule has 0 aliphatic heterocycles. The molecule has 2 unspecified atom stereocenters. The molecule has 3 N–H and O–H groups in total. The zero-order valence-corrected chi connectivity index (χ0v) is 9.57. The summed E-state index contributed by atoms with van der Waals surface area (Å²) in [6.07, 6.45) is -1.50. The lowest BCUT2D eigenvalue weighted by molar-refractivity contribution is 0.0135. The van der Waals surface area contributed by atoms with Gasteiger partial charge in [0.25, 0.3) is 0 Å². The summed E-state index contributed by atoms with van der Waals surface area (Å²) in [4.78, 5) is 0. The molecule has 0 saturated carbocycles. The number of halogens is 1. The van der Waals surface area contributed by atoms with Crippen LogP contribution in [-0.2, 0) is 0 Å². The Kier molecular flexibility index (Phi) is 4.86. The van der Waals surface area contributed by atoms with Gasteiger partial charge in [0.2, 0.25) is 0 Å². The zero-order chi connectivity index (χ0) is 12.1. The Labute approximate surface area is 94.9 Å². The van der Waals surface area contributed by atoms with E-state index in [0.29, 0.717) is 18.5 Å². The van der Waals surface area contributed by atoms with E-state index in [1.807, 2.05) is 0 Å². The largest absolute Gasteiger partial charge is 0.390 e. The van der Waals surface area contributed by atoms with E-state index in [0.717, 1.165) is 5.56 Å². The lowest BCUT2D eigenvalue weighted by Crippen LogP contribution is -2.23. The van der Waals surface area contributed by atoms with Crippen molar-refractivity contribution in [2.45, 2.75) is 25.6 Å². The molecule has 3 nitrogen and oxygen atoms in total. The lowest BCUT2D eigenvalue weighted by atomic mass is 9.98. The summed E-state index contributed by atoms with van der Waals surface area (Å²) in [6.45, 7) is 2.38. The fraction of sp³-hybridized carbons (Fsp3) is 0.500. The Hall–Kier alpha value is -0.970. The quantitative estimate of drug-likeness (QED) is 0.707. The van der Waals surface area contributed by atoms with E-state index in [9.17, 15) is 14.6 Å². The van der Waals surface area contributed by atoms with E-state index >= 15 is 0 Å². The summed E-state index contributed by atoms with van der Waals surface area (Å²) in [5.41, 5.74) is 1.22. The van der Waals surface area contributed by atoms with Gasteiger partial charge in [-0.25, -0.2) is 4.39 Å². The zero-order valence-electron chi connectivity index (χ0n) is 9.57. The maximum Gasteiger partial charge on any atom is 0.123 e. The number of hydrogen-bond donors (Lipinski definition) is 3. The van der Waals surface area contributed by atoms with Crippen molar-refractivity contribution in [2.75, 3.05) is 13.6 Å². The predicted octanol–water partition coefficient (Wildman–Crippen LogP) is 1.14. The van der Waals surface area contributed by atoms with Crippen LogP contribution in [0, 0.1) is 12.7 Å². The van der Waals surface area contributed by atoms with E-state index in [2.05, 4.69) is 5.32 Å². The Balaban J connectivity index is 2.78. The van der Waals surface area contributed by atoms with E-state index in [1.54, 1.807) is 20.0 Å². The summed E-state index contributed by atoms with van der Waals surface area (Å²) >= 11 is 0. The van der Waals surface area contributed by atoms with Crippen molar-refractivity contribution < 1.29 is 14.6 Å². The SMILES string of the molecule is CNCCC(O)C(O)c1cc(F)ccc1C. The van der Waals surface area contributed by atoms with Gasteiger partial charge < -0.3 is 15.5 Å². The van der Waals surface area contributed by atoms with Gasteiger partial charge in [-0.2, -0.15) is 0 Å². The minimum atomic E-state index is -1.04. The first-order valence-electron chi connectivity index (χ1n) is 5.33. The van der Waals surface area contributed by atoms with Gasteiger partial charge in [-0.15, -0.1) is 0 Å². The molecule has 1 rings (SSSR count). The summed E-state index contributed by atoms with van der Waals surface area (Å²) in [7, 11) is 1.77. The second kappa shape index (κ2) is 5.94. The maximum atomic E-state index is 13.0. The number of hydrogen-bond acceptors (Lipinski definition) is 3. The molecule has 16 heavy (non-hydrogen) atoms. The molecule has 0 heterocycles. The van der Waals surface area contributed by atoms with Crippen LogP contribution >= 0.6 is 0 Å². The van der Waals surface area contributed by atoms with Gasteiger partial charge in [0, 0.05) is 0 Å². The van der Waals surface area contributed by atoms with Crippen LogP contribution < -0.4 is 5.32 Å². The van der Waals surface area contributed by atoms with E-state index in [-0.39, 0.29) is 0 Å². The molecule has 0 amide bonds. The van der Waals surface area contributed by atoms with Crippen LogP contribution in [0.15, 0.2) is 18.2 Å². The lowest BCUT2D eigenvalue weighted by Gasteiger charge is -2.19. The minimum Gasteiger partial charge on any atom is -0.390 e. The van der Waals surface area contributed by atoms with Crippen LogP contribution in [0.25, 0.3) is 0 Å². The molecule has 90 valence electrons. The fourth-order valence-electron chi connectivity index (χ4n) is 1.59. The number of aryl methyl sites for hydroxylation is 1. The van der Waals surface area contributed by atoms with E-state index in [4.69, 9.17) is 0 Å². The predicted molar refractivity (Wildman–Crippen MR) is 60.6 cm³/mol. The molecule has 0 radical (unpaired) electrons. The molecule has 2 atom stereocenters. The number of rotatable bonds is 5. The second-order valence-corrected chi connectivity index (χ2v) is 3.91. The van der Waals surface area contributed by atoms with Gasteiger partial charge in [-0.3, -0.25) is 0 Å². The molecule has 0 aromatic heterocycles. The van der Waals surface area contributed by atoms with Crippen molar-refractivity contribution in [2.24, 2.45) is 0 Å². The first-order chi connectivity index (χ1) is 7.56. The summed E-state index contributed by atoms with van der Waals surface area (Å²) in [5.74, 6) is -0.402. The van der Waals surface area contributed by atoms with Gasteiger partial charge in [0.05, 0.1) is 6.10 Å². The number of aliphatic hydroxyl groups is 2. The molecule has 1 aromatic carbocycles. The van der Waals surface area contributed by atoms with Crippen LogP contribution in [0.2, 0.25) is 0 Å². The second-order valence-electron chi connectivity index (χ2n) is 3.91. The number of aliphatic hydroxyl groups excluding tert-OH is 2. The average Bonchev–Trinajstić information content (AvgIpc) is 2.28. The first-order valence-corrected chi connectivity index (χ1v) is 5.33.